The molecule has 0 heterocycles. The summed E-state index contributed by atoms with van der Waals surface area (Å²) in [6.07, 6.45) is 0. The Morgan fingerprint density at radius 3 is 2.83 bits per heavy atom. The van der Waals surface area contributed by atoms with E-state index in [4.69, 9.17) is 10.5 Å². The third-order valence-electron chi connectivity index (χ3n) is 2.71. The number of hydrogen-bond acceptors (Lipinski definition) is 4. The molecule has 0 aliphatic rings. The number of benzene rings is 1. The Morgan fingerprint density at radius 1 is 1.50 bits per heavy atom. The first-order valence-corrected chi connectivity index (χ1v) is 6.00. The average molecular weight is 251 g/mol. The van der Waals surface area contributed by atoms with Gasteiger partial charge in [-0.15, -0.1) is 0 Å². The SMILES string of the molecule is CCOCCN(C)c1cc(C(=O)NC)ccc1N. The number of rotatable bonds is 6. The molecule has 0 saturated heterocycles. The van der Waals surface area contributed by atoms with E-state index in [1.807, 2.05) is 18.9 Å². The Labute approximate surface area is 108 Å². The van der Waals surface area contributed by atoms with Crippen LogP contribution in [-0.4, -0.2) is 39.8 Å². The Hall–Kier alpha value is -1.75. The molecule has 1 rings (SSSR count). The first-order valence-electron chi connectivity index (χ1n) is 6.00. The molecule has 1 aromatic carbocycles. The van der Waals surface area contributed by atoms with Crippen molar-refractivity contribution in [3.8, 4) is 0 Å². The zero-order valence-corrected chi connectivity index (χ0v) is 11.2. The van der Waals surface area contributed by atoms with E-state index >= 15 is 0 Å². The van der Waals surface area contributed by atoms with E-state index < -0.39 is 0 Å². The maximum atomic E-state index is 11.6. The Kier molecular flexibility index (Phi) is 5.45. The first kappa shape index (κ1) is 14.3. The largest absolute Gasteiger partial charge is 0.397 e. The summed E-state index contributed by atoms with van der Waals surface area (Å²) in [7, 11) is 3.54. The van der Waals surface area contributed by atoms with Gasteiger partial charge in [-0.3, -0.25) is 4.79 Å². The Morgan fingerprint density at radius 2 is 2.22 bits per heavy atom. The summed E-state index contributed by atoms with van der Waals surface area (Å²) in [5, 5.41) is 2.60. The van der Waals surface area contributed by atoms with Gasteiger partial charge in [0.2, 0.25) is 0 Å². The average Bonchev–Trinajstić information content (AvgIpc) is 2.38. The highest BCUT2D eigenvalue weighted by Gasteiger charge is 2.10. The van der Waals surface area contributed by atoms with Gasteiger partial charge in [-0.25, -0.2) is 0 Å². The van der Waals surface area contributed by atoms with Gasteiger partial charge >= 0.3 is 0 Å². The van der Waals surface area contributed by atoms with Gasteiger partial charge < -0.3 is 20.7 Å². The number of amides is 1. The molecule has 3 N–H and O–H groups in total. The molecule has 18 heavy (non-hydrogen) atoms. The summed E-state index contributed by atoms with van der Waals surface area (Å²) in [6.45, 7) is 4.02. The summed E-state index contributed by atoms with van der Waals surface area (Å²) >= 11 is 0. The van der Waals surface area contributed by atoms with Crippen molar-refractivity contribution in [2.75, 3.05) is 44.5 Å². The van der Waals surface area contributed by atoms with Crippen LogP contribution in [0.2, 0.25) is 0 Å². The molecule has 1 aromatic rings. The lowest BCUT2D eigenvalue weighted by atomic mass is 10.1. The van der Waals surface area contributed by atoms with Crippen LogP contribution >= 0.6 is 0 Å². The van der Waals surface area contributed by atoms with Gasteiger partial charge in [0.05, 0.1) is 18.0 Å². The molecule has 5 heteroatoms. The fraction of sp³-hybridized carbons (Fsp3) is 0.462. The molecule has 0 unspecified atom stereocenters. The quantitative estimate of drug-likeness (QED) is 0.587. The van der Waals surface area contributed by atoms with Gasteiger partial charge in [0.1, 0.15) is 0 Å². The van der Waals surface area contributed by atoms with E-state index in [9.17, 15) is 4.79 Å². The highest BCUT2D eigenvalue weighted by Crippen LogP contribution is 2.23. The minimum Gasteiger partial charge on any atom is -0.397 e. The van der Waals surface area contributed by atoms with Gasteiger partial charge in [0.25, 0.3) is 5.91 Å². The van der Waals surface area contributed by atoms with Crippen LogP contribution in [0, 0.1) is 0 Å². The van der Waals surface area contributed by atoms with Crippen molar-refractivity contribution in [2.24, 2.45) is 0 Å². The summed E-state index contributed by atoms with van der Waals surface area (Å²) in [5.74, 6) is -0.116. The summed E-state index contributed by atoms with van der Waals surface area (Å²) < 4.78 is 5.30. The van der Waals surface area contributed by atoms with Crippen molar-refractivity contribution in [1.82, 2.24) is 5.32 Å². The monoisotopic (exact) mass is 251 g/mol. The zero-order valence-electron chi connectivity index (χ0n) is 11.2. The highest BCUT2D eigenvalue weighted by atomic mass is 16.5. The van der Waals surface area contributed by atoms with E-state index in [1.54, 1.807) is 25.2 Å². The molecule has 100 valence electrons. The summed E-state index contributed by atoms with van der Waals surface area (Å²) in [6, 6.07) is 5.26. The number of likely N-dealkylation sites (N-methyl/N-ethyl adjacent to an activating group) is 1. The molecule has 0 aliphatic carbocycles. The molecule has 0 spiro atoms. The number of nitrogens with two attached hydrogens (primary N) is 1. The third-order valence-corrected chi connectivity index (χ3v) is 2.71. The number of ether oxygens (including phenoxy) is 1. The van der Waals surface area contributed by atoms with Crippen molar-refractivity contribution in [3.05, 3.63) is 23.8 Å². The normalized spacial score (nSPS) is 10.2. The Bertz CT molecular complexity index is 407. The van der Waals surface area contributed by atoms with Crippen LogP contribution in [-0.2, 0) is 4.74 Å². The van der Waals surface area contributed by atoms with Crippen LogP contribution in [0.3, 0.4) is 0 Å². The van der Waals surface area contributed by atoms with E-state index in [2.05, 4.69) is 5.32 Å². The van der Waals surface area contributed by atoms with E-state index in [1.165, 1.54) is 0 Å². The molecule has 0 atom stereocenters. The Balaban J connectivity index is 2.82. The van der Waals surface area contributed by atoms with Gasteiger partial charge in [-0.05, 0) is 25.1 Å². The molecule has 0 bridgehead atoms. The maximum absolute atomic E-state index is 11.6. The van der Waals surface area contributed by atoms with E-state index in [-0.39, 0.29) is 5.91 Å². The van der Waals surface area contributed by atoms with Crippen LogP contribution in [0.25, 0.3) is 0 Å². The van der Waals surface area contributed by atoms with Crippen LogP contribution in [0.5, 0.6) is 0 Å². The minimum absolute atomic E-state index is 0.116. The first-order chi connectivity index (χ1) is 8.60. The molecule has 1 amide bonds. The molecular weight excluding hydrogens is 230 g/mol. The fourth-order valence-electron chi connectivity index (χ4n) is 1.63. The van der Waals surface area contributed by atoms with Crippen LogP contribution in [0.1, 0.15) is 17.3 Å². The number of nitrogens with one attached hydrogen (secondary N) is 1. The standard InChI is InChI=1S/C13H21N3O2/c1-4-18-8-7-16(3)12-9-10(13(17)15-2)5-6-11(12)14/h5-6,9H,4,7-8,14H2,1-3H3,(H,15,17). The van der Waals surface area contributed by atoms with Crippen LogP contribution in [0.4, 0.5) is 11.4 Å². The number of hydrogen-bond donors (Lipinski definition) is 2. The highest BCUT2D eigenvalue weighted by molar-refractivity contribution is 5.96. The molecular formula is C13H21N3O2. The number of nitrogen functional groups attached to an aromatic ring is 1. The predicted octanol–water partition coefficient (Wildman–Crippen LogP) is 1.10. The summed E-state index contributed by atoms with van der Waals surface area (Å²) in [4.78, 5) is 13.5. The smallest absolute Gasteiger partial charge is 0.251 e. The third kappa shape index (κ3) is 3.63. The van der Waals surface area contributed by atoms with Crippen molar-refractivity contribution in [1.29, 1.82) is 0 Å². The lowest BCUT2D eigenvalue weighted by Gasteiger charge is -2.21. The van der Waals surface area contributed by atoms with Gasteiger partial charge in [0, 0.05) is 32.8 Å². The van der Waals surface area contributed by atoms with E-state index in [0.29, 0.717) is 24.5 Å². The second-order valence-electron chi connectivity index (χ2n) is 3.97. The van der Waals surface area contributed by atoms with Crippen LogP contribution in [0.15, 0.2) is 18.2 Å². The van der Waals surface area contributed by atoms with Crippen molar-refractivity contribution >= 4 is 17.3 Å². The summed E-state index contributed by atoms with van der Waals surface area (Å²) in [5.41, 5.74) is 8.02. The number of carbonyl (C=O) groups is 1. The zero-order chi connectivity index (χ0) is 13.5. The van der Waals surface area contributed by atoms with Crippen molar-refractivity contribution < 1.29 is 9.53 Å². The number of carbonyl (C=O) groups excluding carboxylic acids is 1. The topological polar surface area (TPSA) is 67.6 Å². The number of nitrogens with zero attached hydrogens (tertiary/aromatic N) is 1. The van der Waals surface area contributed by atoms with Crippen molar-refractivity contribution in [2.45, 2.75) is 6.92 Å². The van der Waals surface area contributed by atoms with E-state index in [0.717, 1.165) is 12.2 Å². The van der Waals surface area contributed by atoms with Crippen LogP contribution < -0.4 is 16.0 Å². The second kappa shape index (κ2) is 6.86. The van der Waals surface area contributed by atoms with Crippen molar-refractivity contribution in [3.63, 3.8) is 0 Å². The molecule has 0 aromatic heterocycles. The van der Waals surface area contributed by atoms with Gasteiger partial charge in [0.15, 0.2) is 0 Å². The molecule has 0 aliphatic heterocycles. The number of anilines is 2. The lowest BCUT2D eigenvalue weighted by Crippen LogP contribution is -2.24. The molecule has 0 radical (unpaired) electrons. The van der Waals surface area contributed by atoms with Gasteiger partial charge in [-0.2, -0.15) is 0 Å². The van der Waals surface area contributed by atoms with Gasteiger partial charge in [-0.1, -0.05) is 0 Å². The molecule has 0 saturated carbocycles. The lowest BCUT2D eigenvalue weighted by molar-refractivity contribution is 0.0963. The minimum atomic E-state index is -0.116. The maximum Gasteiger partial charge on any atom is 0.251 e. The second-order valence-corrected chi connectivity index (χ2v) is 3.97. The molecule has 0 fully saturated rings. The fourth-order valence-corrected chi connectivity index (χ4v) is 1.63. The predicted molar refractivity (Wildman–Crippen MR) is 74.0 cm³/mol. The molecule has 5 nitrogen and oxygen atoms in total.